The van der Waals surface area contributed by atoms with Gasteiger partial charge in [-0.2, -0.15) is 0 Å². The number of hydrogen-bond donors (Lipinski definition) is 4. The summed E-state index contributed by atoms with van der Waals surface area (Å²) in [7, 11) is 1.49. The fourth-order valence-corrected chi connectivity index (χ4v) is 3.64. The van der Waals surface area contributed by atoms with Gasteiger partial charge in [-0.15, -0.1) is 0 Å². The zero-order chi connectivity index (χ0) is 24.3. The standard InChI is InChI=1S/C23H21Cl2N3O5.Na.H/c1-12-11-28(2)22(32)20(21(12)31)27-23(33)26-18(10-19(29)30)15-5-3-4-13(8-15)14-6-7-16(24)17(25)9-14;;/h3-9,11,18,31H,10H2,1-2H3,(H,29,30)(H2,26,27,33);;/q;+1;-1. The summed E-state index contributed by atoms with van der Waals surface area (Å²) >= 11 is 12.1. The van der Waals surface area contributed by atoms with E-state index in [9.17, 15) is 24.6 Å². The molecule has 1 aromatic heterocycles. The minimum Gasteiger partial charge on any atom is -1.00 e. The molecular formula is C23H22Cl2N3NaO5. The van der Waals surface area contributed by atoms with Crippen molar-refractivity contribution in [2.75, 3.05) is 5.32 Å². The molecule has 11 heteroatoms. The molecule has 34 heavy (non-hydrogen) atoms. The predicted octanol–water partition coefficient (Wildman–Crippen LogP) is 1.83. The van der Waals surface area contributed by atoms with E-state index in [2.05, 4.69) is 10.6 Å². The zero-order valence-electron chi connectivity index (χ0n) is 19.7. The molecule has 8 nitrogen and oxygen atoms in total. The molecule has 0 aliphatic heterocycles. The number of hydrogen-bond acceptors (Lipinski definition) is 4. The quantitative estimate of drug-likeness (QED) is 0.374. The van der Waals surface area contributed by atoms with E-state index in [0.29, 0.717) is 21.2 Å². The Hall–Kier alpha value is -2.49. The second-order valence-electron chi connectivity index (χ2n) is 7.46. The Kier molecular flexibility index (Phi) is 9.61. The summed E-state index contributed by atoms with van der Waals surface area (Å²) < 4.78 is 1.22. The van der Waals surface area contributed by atoms with Crippen molar-refractivity contribution in [1.29, 1.82) is 0 Å². The number of amides is 2. The molecule has 4 N–H and O–H groups in total. The van der Waals surface area contributed by atoms with Crippen molar-refractivity contribution >= 4 is 40.9 Å². The number of benzene rings is 2. The van der Waals surface area contributed by atoms with Crippen molar-refractivity contribution in [3.8, 4) is 16.9 Å². The molecule has 2 amide bonds. The van der Waals surface area contributed by atoms with Crippen LogP contribution in [0.2, 0.25) is 10.0 Å². The number of nitrogens with zero attached hydrogens (tertiary/aromatic N) is 1. The molecule has 0 bridgehead atoms. The number of carboxylic acids is 1. The zero-order valence-corrected chi connectivity index (χ0v) is 22.2. The number of nitrogens with one attached hydrogen (secondary N) is 2. The summed E-state index contributed by atoms with van der Waals surface area (Å²) in [6.45, 7) is 1.58. The average Bonchev–Trinajstić information content (AvgIpc) is 2.76. The number of carbonyl (C=O) groups is 2. The van der Waals surface area contributed by atoms with Crippen LogP contribution in [0.25, 0.3) is 11.1 Å². The van der Waals surface area contributed by atoms with E-state index in [-0.39, 0.29) is 42.4 Å². The van der Waals surface area contributed by atoms with Gasteiger partial charge >= 0.3 is 41.6 Å². The molecule has 0 aliphatic carbocycles. The van der Waals surface area contributed by atoms with Crippen molar-refractivity contribution in [3.63, 3.8) is 0 Å². The maximum atomic E-state index is 12.6. The van der Waals surface area contributed by atoms with Crippen LogP contribution >= 0.6 is 23.2 Å². The number of aromatic nitrogens is 1. The molecule has 1 atom stereocenters. The van der Waals surface area contributed by atoms with E-state index in [1.54, 1.807) is 43.3 Å². The first kappa shape index (κ1) is 27.8. The molecule has 0 fully saturated rings. The number of rotatable bonds is 6. The minimum atomic E-state index is -1.13. The Balaban J connectivity index is 0.00000306. The van der Waals surface area contributed by atoms with Crippen LogP contribution in [-0.4, -0.2) is 26.8 Å². The van der Waals surface area contributed by atoms with Crippen LogP contribution in [0, 0.1) is 6.92 Å². The molecule has 174 valence electrons. The van der Waals surface area contributed by atoms with Crippen molar-refractivity contribution in [2.24, 2.45) is 7.05 Å². The topological polar surface area (TPSA) is 121 Å². The predicted molar refractivity (Wildman–Crippen MR) is 128 cm³/mol. The number of aliphatic carboxylic acids is 1. The number of carboxylic acid groups (broad SMARTS) is 1. The summed E-state index contributed by atoms with van der Waals surface area (Å²) in [5.74, 6) is -1.49. The fraction of sp³-hybridized carbons (Fsp3) is 0.174. The number of aromatic hydroxyl groups is 1. The molecule has 0 saturated carbocycles. The average molecular weight is 514 g/mol. The first-order valence-electron chi connectivity index (χ1n) is 9.80. The monoisotopic (exact) mass is 513 g/mol. The molecule has 0 radical (unpaired) electrons. The first-order valence-corrected chi connectivity index (χ1v) is 10.6. The summed E-state index contributed by atoms with van der Waals surface area (Å²) in [6.07, 6.45) is 1.03. The van der Waals surface area contributed by atoms with Crippen molar-refractivity contribution in [3.05, 3.63) is 80.2 Å². The van der Waals surface area contributed by atoms with Gasteiger partial charge in [-0.1, -0.05) is 47.5 Å². The minimum absolute atomic E-state index is 0. The van der Waals surface area contributed by atoms with E-state index in [4.69, 9.17) is 23.2 Å². The molecule has 0 saturated heterocycles. The molecule has 0 aliphatic rings. The molecule has 2 aromatic carbocycles. The Morgan fingerprint density at radius 1 is 1.12 bits per heavy atom. The molecule has 1 unspecified atom stereocenters. The summed E-state index contributed by atoms with van der Waals surface area (Å²) in [5.41, 5.74) is 1.52. The fourth-order valence-electron chi connectivity index (χ4n) is 3.34. The Morgan fingerprint density at radius 2 is 1.79 bits per heavy atom. The number of aryl methyl sites for hydroxylation is 2. The Labute approximate surface area is 229 Å². The molecule has 1 heterocycles. The van der Waals surface area contributed by atoms with Crippen LogP contribution in [0.15, 0.2) is 53.5 Å². The van der Waals surface area contributed by atoms with Crippen LogP contribution in [-0.2, 0) is 11.8 Å². The van der Waals surface area contributed by atoms with Gasteiger partial charge in [-0.05, 0) is 41.8 Å². The van der Waals surface area contributed by atoms with E-state index in [1.165, 1.54) is 17.8 Å². The second-order valence-corrected chi connectivity index (χ2v) is 8.27. The van der Waals surface area contributed by atoms with Crippen LogP contribution in [0.1, 0.15) is 25.0 Å². The van der Waals surface area contributed by atoms with Crippen molar-refractivity contribution in [2.45, 2.75) is 19.4 Å². The number of carbonyl (C=O) groups excluding carboxylic acids is 1. The summed E-state index contributed by atoms with van der Waals surface area (Å²) in [6, 6.07) is 10.3. The van der Waals surface area contributed by atoms with Gasteiger partial charge in [0, 0.05) is 18.8 Å². The van der Waals surface area contributed by atoms with Gasteiger partial charge in [0.05, 0.1) is 22.5 Å². The van der Waals surface area contributed by atoms with Crippen LogP contribution in [0.4, 0.5) is 10.5 Å². The maximum absolute atomic E-state index is 12.6. The van der Waals surface area contributed by atoms with Crippen LogP contribution in [0.5, 0.6) is 5.75 Å². The van der Waals surface area contributed by atoms with Gasteiger partial charge in [0.2, 0.25) is 0 Å². The van der Waals surface area contributed by atoms with Gasteiger partial charge in [-0.3, -0.25) is 9.59 Å². The molecule has 0 spiro atoms. The maximum Gasteiger partial charge on any atom is 1.00 e. The normalized spacial score (nSPS) is 11.3. The van der Waals surface area contributed by atoms with Gasteiger partial charge in [0.1, 0.15) is 5.75 Å². The van der Waals surface area contributed by atoms with E-state index >= 15 is 0 Å². The summed E-state index contributed by atoms with van der Waals surface area (Å²) in [4.78, 5) is 36.4. The van der Waals surface area contributed by atoms with Gasteiger partial charge < -0.3 is 26.8 Å². The van der Waals surface area contributed by atoms with E-state index in [0.717, 1.165) is 11.1 Å². The second kappa shape index (κ2) is 11.8. The van der Waals surface area contributed by atoms with Crippen LogP contribution < -0.4 is 45.8 Å². The third kappa shape index (κ3) is 6.55. The molecule has 3 rings (SSSR count). The third-order valence-corrected chi connectivity index (χ3v) is 5.74. The van der Waals surface area contributed by atoms with Crippen molar-refractivity contribution in [1.82, 2.24) is 9.88 Å². The van der Waals surface area contributed by atoms with Crippen molar-refractivity contribution < 1.29 is 50.8 Å². The van der Waals surface area contributed by atoms with Crippen LogP contribution in [0.3, 0.4) is 0 Å². The Morgan fingerprint density at radius 3 is 2.44 bits per heavy atom. The smallest absolute Gasteiger partial charge is 1.00 e. The van der Waals surface area contributed by atoms with Gasteiger partial charge in [0.25, 0.3) is 5.56 Å². The number of halogens is 2. The summed E-state index contributed by atoms with van der Waals surface area (Å²) in [5, 5.41) is 25.2. The largest absolute Gasteiger partial charge is 1.00 e. The Bertz CT molecular complexity index is 1300. The molecular weight excluding hydrogens is 492 g/mol. The van der Waals surface area contributed by atoms with Gasteiger partial charge in [0.15, 0.2) is 5.69 Å². The number of pyridine rings is 1. The van der Waals surface area contributed by atoms with E-state index in [1.807, 2.05) is 6.07 Å². The number of urea groups is 1. The third-order valence-electron chi connectivity index (χ3n) is 5.00. The van der Waals surface area contributed by atoms with E-state index < -0.39 is 30.0 Å². The van der Waals surface area contributed by atoms with Gasteiger partial charge in [-0.25, -0.2) is 4.79 Å². The number of anilines is 1. The SMILES string of the molecule is Cc1cn(C)c(=O)c(NC(=O)NC(CC(=O)O)c2cccc(-c3ccc(Cl)c(Cl)c3)c2)c1O.[H-].[Na+]. The first-order chi connectivity index (χ1) is 15.6. The molecule has 3 aromatic rings.